The number of aliphatic hydroxyl groups is 2. The fourth-order valence-corrected chi connectivity index (χ4v) is 4.82. The van der Waals surface area contributed by atoms with E-state index >= 15 is 0 Å². The molecule has 0 spiro atoms. The number of carbonyl (C=O) groups is 1. The van der Waals surface area contributed by atoms with Crippen LogP contribution in [0.15, 0.2) is 67.0 Å². The van der Waals surface area contributed by atoms with Crippen molar-refractivity contribution in [1.82, 2.24) is 14.9 Å². The van der Waals surface area contributed by atoms with Gasteiger partial charge in [0.1, 0.15) is 11.2 Å². The zero-order valence-corrected chi connectivity index (χ0v) is 21.6. The van der Waals surface area contributed by atoms with Crippen LogP contribution in [0.25, 0.3) is 11.1 Å². The van der Waals surface area contributed by atoms with Crippen molar-refractivity contribution in [1.29, 1.82) is 0 Å². The molecule has 36 heavy (non-hydrogen) atoms. The van der Waals surface area contributed by atoms with Gasteiger partial charge in [-0.3, -0.25) is 0 Å². The van der Waals surface area contributed by atoms with Gasteiger partial charge in [0.2, 0.25) is 0 Å². The molecule has 7 heteroatoms. The molecule has 0 aliphatic carbocycles. The Kier molecular flexibility index (Phi) is 6.90. The summed E-state index contributed by atoms with van der Waals surface area (Å²) in [6, 6.07) is 17.4. The molecule has 1 aliphatic rings. The third kappa shape index (κ3) is 5.58. The van der Waals surface area contributed by atoms with Crippen molar-refractivity contribution in [3.05, 3.63) is 83.9 Å². The predicted octanol–water partition coefficient (Wildman–Crippen LogP) is 5.33. The maximum atomic E-state index is 13.3. The van der Waals surface area contributed by atoms with Crippen molar-refractivity contribution in [2.75, 3.05) is 6.54 Å². The third-order valence-electron chi connectivity index (χ3n) is 6.68. The van der Waals surface area contributed by atoms with Crippen molar-refractivity contribution in [3.8, 4) is 11.1 Å². The van der Waals surface area contributed by atoms with Gasteiger partial charge in [0, 0.05) is 37.3 Å². The lowest BCUT2D eigenvalue weighted by atomic mass is 9.80. The van der Waals surface area contributed by atoms with Gasteiger partial charge in [0.25, 0.3) is 0 Å². The second-order valence-electron chi connectivity index (χ2n) is 10.8. The van der Waals surface area contributed by atoms with Gasteiger partial charge in [-0.2, -0.15) is 0 Å². The van der Waals surface area contributed by atoms with Crippen LogP contribution in [0.4, 0.5) is 4.79 Å². The van der Waals surface area contributed by atoms with Crippen molar-refractivity contribution in [2.24, 2.45) is 0 Å². The summed E-state index contributed by atoms with van der Waals surface area (Å²) in [7, 11) is 0. The normalized spacial score (nSPS) is 19.6. The van der Waals surface area contributed by atoms with Crippen LogP contribution in [0.5, 0.6) is 0 Å². The molecule has 0 saturated carbocycles. The molecule has 7 nitrogen and oxygen atoms in total. The first-order valence-corrected chi connectivity index (χ1v) is 12.3. The SMILES string of the molecule is C[C@@H](c1ccc(-c2cnc(C(C)(C)O)nc2)cc1)N1CCC(CC(C)(C)O)(c2ccccc2)OC1=O. The molecular weight excluding hydrogens is 454 g/mol. The van der Waals surface area contributed by atoms with Crippen LogP contribution < -0.4 is 0 Å². The molecular formula is C29H35N3O4. The Hall–Kier alpha value is -3.29. The standard InChI is InChI=1S/C29H35N3O4/c1-20(21-11-13-22(14-12-21)23-17-30-25(31-18-23)28(4,5)35)32-16-15-29(36-26(32)33,19-27(2,3)34)24-9-7-6-8-10-24/h6-14,17-18,20,34-35H,15-16,19H2,1-5H3/t20-,29?/m0/s1. The van der Waals surface area contributed by atoms with E-state index in [4.69, 9.17) is 4.74 Å². The lowest BCUT2D eigenvalue weighted by Gasteiger charge is -2.45. The topological polar surface area (TPSA) is 95.8 Å². The summed E-state index contributed by atoms with van der Waals surface area (Å²) in [6.45, 7) is 9.29. The van der Waals surface area contributed by atoms with Gasteiger partial charge in [-0.1, -0.05) is 54.6 Å². The molecule has 2 N–H and O–H groups in total. The van der Waals surface area contributed by atoms with E-state index in [1.54, 1.807) is 45.0 Å². The average Bonchev–Trinajstić information content (AvgIpc) is 2.83. The smallest absolute Gasteiger partial charge is 0.411 e. The Morgan fingerprint density at radius 2 is 1.58 bits per heavy atom. The number of aromatic nitrogens is 2. The number of carbonyl (C=O) groups excluding carboxylic acids is 1. The first-order valence-electron chi connectivity index (χ1n) is 12.3. The lowest BCUT2D eigenvalue weighted by molar-refractivity contribution is -0.101. The number of ether oxygens (including phenoxy) is 1. The Morgan fingerprint density at radius 1 is 0.972 bits per heavy atom. The second-order valence-corrected chi connectivity index (χ2v) is 10.8. The van der Waals surface area contributed by atoms with Gasteiger partial charge >= 0.3 is 6.09 Å². The molecule has 1 aliphatic heterocycles. The summed E-state index contributed by atoms with van der Waals surface area (Å²) >= 11 is 0. The minimum Gasteiger partial charge on any atom is -0.438 e. The van der Waals surface area contributed by atoms with Crippen molar-refractivity contribution < 1.29 is 19.7 Å². The largest absolute Gasteiger partial charge is 0.438 e. The molecule has 0 bridgehead atoms. The summed E-state index contributed by atoms with van der Waals surface area (Å²) in [5, 5.41) is 20.7. The molecule has 1 fully saturated rings. The van der Waals surface area contributed by atoms with Crippen LogP contribution in [0, 0.1) is 0 Å². The summed E-state index contributed by atoms with van der Waals surface area (Å²) in [5.41, 5.74) is 0.725. The molecule has 190 valence electrons. The van der Waals surface area contributed by atoms with E-state index in [0.29, 0.717) is 25.2 Å². The molecule has 2 aromatic carbocycles. The van der Waals surface area contributed by atoms with E-state index in [-0.39, 0.29) is 12.1 Å². The fraction of sp³-hybridized carbons (Fsp3) is 0.414. The molecule has 0 radical (unpaired) electrons. The third-order valence-corrected chi connectivity index (χ3v) is 6.68. The van der Waals surface area contributed by atoms with Crippen LogP contribution in [0.3, 0.4) is 0 Å². The molecule has 1 saturated heterocycles. The Bertz CT molecular complexity index is 1180. The summed E-state index contributed by atoms with van der Waals surface area (Å²) in [5.74, 6) is 0.372. The number of hydrogen-bond acceptors (Lipinski definition) is 6. The Morgan fingerprint density at radius 3 is 2.11 bits per heavy atom. The molecule has 3 aromatic rings. The van der Waals surface area contributed by atoms with Crippen LogP contribution >= 0.6 is 0 Å². The Labute approximate surface area is 212 Å². The van der Waals surface area contributed by atoms with Crippen LogP contribution in [0.2, 0.25) is 0 Å². The number of hydrogen-bond donors (Lipinski definition) is 2. The molecule has 4 rings (SSSR count). The highest BCUT2D eigenvalue weighted by Gasteiger charge is 2.46. The predicted molar refractivity (Wildman–Crippen MR) is 138 cm³/mol. The fourth-order valence-electron chi connectivity index (χ4n) is 4.82. The minimum absolute atomic E-state index is 0.184. The highest BCUT2D eigenvalue weighted by atomic mass is 16.6. The highest BCUT2D eigenvalue weighted by Crippen LogP contribution is 2.42. The van der Waals surface area contributed by atoms with E-state index in [1.165, 1.54) is 0 Å². The van der Waals surface area contributed by atoms with Crippen LogP contribution in [0.1, 0.15) is 70.5 Å². The van der Waals surface area contributed by atoms with Gasteiger partial charge in [-0.15, -0.1) is 0 Å². The average molecular weight is 490 g/mol. The minimum atomic E-state index is -1.09. The lowest BCUT2D eigenvalue weighted by Crippen LogP contribution is -2.51. The summed E-state index contributed by atoms with van der Waals surface area (Å²) < 4.78 is 6.11. The Balaban J connectivity index is 1.50. The maximum absolute atomic E-state index is 13.3. The quantitative estimate of drug-likeness (QED) is 0.466. The second kappa shape index (κ2) is 9.64. The van der Waals surface area contributed by atoms with Gasteiger partial charge in [-0.25, -0.2) is 14.8 Å². The molecule has 2 heterocycles. The van der Waals surface area contributed by atoms with E-state index in [1.807, 2.05) is 61.5 Å². The molecule has 1 aromatic heterocycles. The molecule has 1 unspecified atom stereocenters. The van der Waals surface area contributed by atoms with E-state index in [2.05, 4.69) is 9.97 Å². The van der Waals surface area contributed by atoms with Crippen molar-refractivity contribution in [2.45, 2.75) is 70.3 Å². The van der Waals surface area contributed by atoms with Gasteiger partial charge in [-0.05, 0) is 51.3 Å². The number of amides is 1. The number of nitrogens with zero attached hydrogens (tertiary/aromatic N) is 3. The zero-order valence-electron chi connectivity index (χ0n) is 21.6. The van der Waals surface area contributed by atoms with Gasteiger partial charge in [0.15, 0.2) is 5.82 Å². The molecule has 2 atom stereocenters. The van der Waals surface area contributed by atoms with Gasteiger partial charge in [0.05, 0.1) is 11.6 Å². The van der Waals surface area contributed by atoms with Crippen LogP contribution in [-0.4, -0.2) is 43.3 Å². The van der Waals surface area contributed by atoms with Gasteiger partial charge < -0.3 is 19.8 Å². The highest BCUT2D eigenvalue weighted by molar-refractivity contribution is 5.70. The van der Waals surface area contributed by atoms with Crippen LogP contribution in [-0.2, 0) is 15.9 Å². The number of cyclic esters (lactones) is 1. The zero-order chi connectivity index (χ0) is 26.1. The van der Waals surface area contributed by atoms with E-state index < -0.39 is 16.8 Å². The van der Waals surface area contributed by atoms with E-state index in [9.17, 15) is 15.0 Å². The summed E-state index contributed by atoms with van der Waals surface area (Å²) in [6.07, 6.45) is 3.92. The van der Waals surface area contributed by atoms with E-state index in [0.717, 1.165) is 22.3 Å². The maximum Gasteiger partial charge on any atom is 0.411 e. The monoisotopic (exact) mass is 489 g/mol. The van der Waals surface area contributed by atoms with Crippen molar-refractivity contribution >= 4 is 6.09 Å². The summed E-state index contributed by atoms with van der Waals surface area (Å²) in [4.78, 5) is 23.6. The number of rotatable bonds is 7. The first kappa shape index (κ1) is 25.8. The molecule has 1 amide bonds. The number of benzene rings is 2. The first-order chi connectivity index (χ1) is 16.9. The van der Waals surface area contributed by atoms with Crippen molar-refractivity contribution in [3.63, 3.8) is 0 Å².